The number of ether oxygens (including phenoxy) is 1. The number of fused-ring (bicyclic) bond motifs is 1. The highest BCUT2D eigenvalue weighted by Crippen LogP contribution is 2.34. The van der Waals surface area contributed by atoms with Gasteiger partial charge in [-0.15, -0.1) is 0 Å². The van der Waals surface area contributed by atoms with Crippen molar-refractivity contribution >= 4 is 11.8 Å². The molecule has 2 aromatic rings. The molecule has 160 valence electrons. The molecule has 0 radical (unpaired) electrons. The van der Waals surface area contributed by atoms with Crippen LogP contribution < -0.4 is 4.90 Å². The molecule has 0 spiro atoms. The Morgan fingerprint density at radius 1 is 1.03 bits per heavy atom. The number of hydrogen-bond acceptors (Lipinski definition) is 4. The normalized spacial score (nSPS) is 21.1. The summed E-state index contributed by atoms with van der Waals surface area (Å²) in [5.41, 5.74) is 3.00. The highest BCUT2D eigenvalue weighted by atomic mass is 19.1. The summed E-state index contributed by atoms with van der Waals surface area (Å²) in [5.74, 6) is 0.744. The topological polar surface area (TPSA) is 45.7 Å². The van der Waals surface area contributed by atoms with Gasteiger partial charge in [-0.25, -0.2) is 9.18 Å². The minimum atomic E-state index is -0.457. The van der Waals surface area contributed by atoms with Crippen LogP contribution in [0.3, 0.4) is 0 Å². The molecule has 0 N–H and O–H groups in total. The number of rotatable bonds is 4. The molecule has 2 aliphatic rings. The van der Waals surface area contributed by atoms with Gasteiger partial charge in [-0.3, -0.25) is 4.98 Å². The van der Waals surface area contributed by atoms with Crippen molar-refractivity contribution in [2.24, 2.45) is 11.8 Å². The number of anilines is 1. The van der Waals surface area contributed by atoms with E-state index in [-0.39, 0.29) is 11.9 Å². The smallest absolute Gasteiger partial charge is 0.410 e. The highest BCUT2D eigenvalue weighted by molar-refractivity contribution is 5.68. The molecular weight excluding hydrogens is 381 g/mol. The molecule has 4 rings (SSSR count). The minimum absolute atomic E-state index is 0.201. The number of amides is 1. The first-order valence-corrected chi connectivity index (χ1v) is 10.7. The molecule has 2 aliphatic heterocycles. The SMILES string of the molecule is CC(C)(C)OC(=O)N1CC2CN(c3cncc(CCc4ccc(F)cc4)c3)CC2C1. The van der Waals surface area contributed by atoms with Crippen LogP contribution in [0.1, 0.15) is 31.9 Å². The summed E-state index contributed by atoms with van der Waals surface area (Å²) in [4.78, 5) is 21.0. The molecule has 0 bridgehead atoms. The maximum atomic E-state index is 13.1. The van der Waals surface area contributed by atoms with E-state index in [0.717, 1.165) is 50.3 Å². The zero-order chi connectivity index (χ0) is 21.3. The average Bonchev–Trinajstić information content (AvgIpc) is 3.26. The van der Waals surface area contributed by atoms with Gasteiger partial charge in [0.15, 0.2) is 0 Å². The summed E-state index contributed by atoms with van der Waals surface area (Å²) >= 11 is 0. The molecule has 1 aromatic heterocycles. The van der Waals surface area contributed by atoms with E-state index < -0.39 is 5.60 Å². The van der Waals surface area contributed by atoms with E-state index in [2.05, 4.69) is 16.0 Å². The van der Waals surface area contributed by atoms with Crippen molar-refractivity contribution in [2.45, 2.75) is 39.2 Å². The van der Waals surface area contributed by atoms with Crippen LogP contribution in [0.2, 0.25) is 0 Å². The van der Waals surface area contributed by atoms with E-state index >= 15 is 0 Å². The third-order valence-corrected chi connectivity index (χ3v) is 5.90. The molecule has 3 heterocycles. The number of benzene rings is 1. The van der Waals surface area contributed by atoms with Crippen LogP contribution in [0.5, 0.6) is 0 Å². The fourth-order valence-electron chi connectivity index (χ4n) is 4.40. The van der Waals surface area contributed by atoms with Crippen LogP contribution >= 0.6 is 0 Å². The van der Waals surface area contributed by atoms with E-state index in [1.165, 1.54) is 17.7 Å². The summed E-state index contributed by atoms with van der Waals surface area (Å²) in [5, 5.41) is 0. The predicted octanol–water partition coefficient (Wildman–Crippen LogP) is 4.31. The molecule has 5 nitrogen and oxygen atoms in total. The van der Waals surface area contributed by atoms with Crippen molar-refractivity contribution in [1.82, 2.24) is 9.88 Å². The van der Waals surface area contributed by atoms with Crippen LogP contribution in [-0.4, -0.2) is 47.8 Å². The van der Waals surface area contributed by atoms with Gasteiger partial charge in [-0.1, -0.05) is 12.1 Å². The molecule has 1 aromatic carbocycles. The molecule has 1 amide bonds. The third-order valence-electron chi connectivity index (χ3n) is 5.90. The van der Waals surface area contributed by atoms with Crippen LogP contribution in [0.15, 0.2) is 42.7 Å². The number of aryl methyl sites for hydroxylation is 2. The molecule has 2 fully saturated rings. The van der Waals surface area contributed by atoms with Gasteiger partial charge in [0, 0.05) is 44.2 Å². The third kappa shape index (κ3) is 4.91. The first-order valence-electron chi connectivity index (χ1n) is 10.7. The lowest BCUT2D eigenvalue weighted by molar-refractivity contribution is 0.0282. The van der Waals surface area contributed by atoms with Crippen molar-refractivity contribution in [1.29, 1.82) is 0 Å². The number of carbonyl (C=O) groups is 1. The predicted molar refractivity (Wildman–Crippen MR) is 115 cm³/mol. The van der Waals surface area contributed by atoms with E-state index in [0.29, 0.717) is 11.8 Å². The van der Waals surface area contributed by atoms with Crippen molar-refractivity contribution in [3.8, 4) is 0 Å². The fraction of sp³-hybridized carbons (Fsp3) is 0.500. The lowest BCUT2D eigenvalue weighted by atomic mass is 10.0. The zero-order valence-corrected chi connectivity index (χ0v) is 18.0. The van der Waals surface area contributed by atoms with Gasteiger partial charge >= 0.3 is 6.09 Å². The molecule has 6 heteroatoms. The first-order chi connectivity index (χ1) is 14.3. The zero-order valence-electron chi connectivity index (χ0n) is 18.0. The summed E-state index contributed by atoms with van der Waals surface area (Å²) in [6, 6.07) is 8.90. The van der Waals surface area contributed by atoms with Gasteiger partial charge in [-0.05, 0) is 62.9 Å². The van der Waals surface area contributed by atoms with Gasteiger partial charge < -0.3 is 14.5 Å². The Bertz CT molecular complexity index is 880. The molecule has 2 atom stereocenters. The van der Waals surface area contributed by atoms with Gasteiger partial charge in [0.2, 0.25) is 0 Å². The number of pyridine rings is 1. The Hall–Kier alpha value is -2.63. The number of hydrogen-bond donors (Lipinski definition) is 0. The maximum Gasteiger partial charge on any atom is 0.410 e. The Balaban J connectivity index is 1.33. The van der Waals surface area contributed by atoms with E-state index in [4.69, 9.17) is 4.74 Å². The number of likely N-dealkylation sites (tertiary alicyclic amines) is 1. The standard InChI is InChI=1S/C24H30FN3O2/c1-24(2,3)30-23(29)28-15-19-13-27(14-20(19)16-28)22-10-18(11-26-12-22)5-4-17-6-8-21(25)9-7-17/h6-12,19-20H,4-5,13-16H2,1-3H3. The number of carbonyl (C=O) groups excluding carboxylic acids is 1. The Morgan fingerprint density at radius 2 is 1.67 bits per heavy atom. The number of halogens is 1. The number of nitrogens with zero attached hydrogens (tertiary/aromatic N) is 3. The largest absolute Gasteiger partial charge is 0.444 e. The van der Waals surface area contributed by atoms with Gasteiger partial charge in [0.05, 0.1) is 11.9 Å². The van der Waals surface area contributed by atoms with Crippen LogP contribution in [0, 0.1) is 17.7 Å². The van der Waals surface area contributed by atoms with Gasteiger partial charge in [0.1, 0.15) is 11.4 Å². The van der Waals surface area contributed by atoms with Crippen LogP contribution in [-0.2, 0) is 17.6 Å². The molecule has 0 saturated carbocycles. The quantitative estimate of drug-likeness (QED) is 0.752. The van der Waals surface area contributed by atoms with E-state index in [1.807, 2.05) is 50.2 Å². The Morgan fingerprint density at radius 3 is 2.30 bits per heavy atom. The van der Waals surface area contributed by atoms with E-state index in [9.17, 15) is 9.18 Å². The molecular formula is C24H30FN3O2. The summed E-state index contributed by atoms with van der Waals surface area (Å²) < 4.78 is 18.6. The second-order valence-corrected chi connectivity index (χ2v) is 9.49. The fourth-order valence-corrected chi connectivity index (χ4v) is 4.40. The molecule has 30 heavy (non-hydrogen) atoms. The monoisotopic (exact) mass is 411 g/mol. The molecule has 0 aliphatic carbocycles. The van der Waals surface area contributed by atoms with Crippen molar-refractivity contribution in [2.75, 3.05) is 31.1 Å². The Labute approximate surface area is 177 Å². The Kier molecular flexibility index (Phi) is 5.67. The van der Waals surface area contributed by atoms with Crippen LogP contribution in [0.25, 0.3) is 0 Å². The van der Waals surface area contributed by atoms with E-state index in [1.54, 1.807) is 0 Å². The minimum Gasteiger partial charge on any atom is -0.444 e. The second-order valence-electron chi connectivity index (χ2n) is 9.49. The van der Waals surface area contributed by atoms with Crippen molar-refractivity contribution in [3.05, 3.63) is 59.7 Å². The van der Waals surface area contributed by atoms with Crippen molar-refractivity contribution < 1.29 is 13.9 Å². The van der Waals surface area contributed by atoms with Gasteiger partial charge in [-0.2, -0.15) is 0 Å². The maximum absolute atomic E-state index is 13.1. The lowest BCUT2D eigenvalue weighted by Gasteiger charge is -2.26. The summed E-state index contributed by atoms with van der Waals surface area (Å²) in [6.07, 6.45) is 5.37. The highest BCUT2D eigenvalue weighted by Gasteiger charge is 2.42. The molecule has 2 unspecified atom stereocenters. The second kappa shape index (κ2) is 8.25. The number of aromatic nitrogens is 1. The first kappa shape index (κ1) is 20.6. The average molecular weight is 412 g/mol. The molecule has 2 saturated heterocycles. The van der Waals surface area contributed by atoms with Gasteiger partial charge in [0.25, 0.3) is 0 Å². The lowest BCUT2D eigenvalue weighted by Crippen LogP contribution is -2.37. The van der Waals surface area contributed by atoms with Crippen molar-refractivity contribution in [3.63, 3.8) is 0 Å². The summed E-state index contributed by atoms with van der Waals surface area (Å²) in [7, 11) is 0. The van der Waals surface area contributed by atoms with Crippen LogP contribution in [0.4, 0.5) is 14.9 Å². The summed E-state index contributed by atoms with van der Waals surface area (Å²) in [6.45, 7) is 9.10.